The molecule has 1 heterocycles. The molecule has 210 valence electrons. The Labute approximate surface area is 215 Å². The molecule has 2 rings (SSSR count). The van der Waals surface area contributed by atoms with Crippen LogP contribution < -0.4 is 27.5 Å². The molecule has 0 saturated carbocycles. The summed E-state index contributed by atoms with van der Waals surface area (Å²) in [6.45, 7) is 1.72. The number of pyridine rings is 1. The number of aliphatic carboxylic acids is 1. The summed E-state index contributed by atoms with van der Waals surface area (Å²) in [5.41, 5.74) is 16.0. The molecular weight excluding hydrogens is 537 g/mol. The molecule has 0 aliphatic heterocycles. The maximum absolute atomic E-state index is 13.0. The standard InChI is InChI=1S/C19H26N6O5S.C2HF3O2/c1-13-9-10-15(24-31(28,29)12-14-6-3-2-4-7-14)18(27)25(13)16(17(20)26)8-5-11-30-23-19(21)22;3-2(4,5)1(6)7/h2-4,6-7,9-10,16,24H,5,8,11-12H2,1H3,(H2,20,26)(H4,21,22,23);(H,6,7). The zero-order chi connectivity index (χ0) is 29.1. The van der Waals surface area contributed by atoms with E-state index in [1.54, 1.807) is 37.3 Å². The maximum atomic E-state index is 13.0. The highest BCUT2D eigenvalue weighted by Gasteiger charge is 2.38. The number of primary amides is 1. The summed E-state index contributed by atoms with van der Waals surface area (Å²) < 4.78 is 60.2. The molecule has 13 nitrogen and oxygen atoms in total. The number of carbonyl (C=O) groups is 2. The van der Waals surface area contributed by atoms with E-state index < -0.39 is 39.7 Å². The first-order valence-corrected chi connectivity index (χ1v) is 12.3. The van der Waals surface area contributed by atoms with Gasteiger partial charge in [-0.1, -0.05) is 30.3 Å². The van der Waals surface area contributed by atoms with Gasteiger partial charge in [0.2, 0.25) is 21.9 Å². The van der Waals surface area contributed by atoms with Gasteiger partial charge in [0.05, 0.1) is 5.75 Å². The summed E-state index contributed by atoms with van der Waals surface area (Å²) in [5, 5.41) is 10.5. The number of anilines is 1. The number of nitrogens with one attached hydrogen (secondary N) is 1. The SMILES string of the molecule is Cc1ccc(NS(=O)(=O)Cc2ccccc2)c(=O)n1C(CCCON=C(N)N)C(N)=O.O=C(O)C(F)(F)F. The van der Waals surface area contributed by atoms with Gasteiger partial charge in [0.1, 0.15) is 18.3 Å². The Hall–Kier alpha value is -4.28. The Morgan fingerprint density at radius 3 is 2.21 bits per heavy atom. The van der Waals surface area contributed by atoms with Gasteiger partial charge >= 0.3 is 12.1 Å². The summed E-state index contributed by atoms with van der Waals surface area (Å²) in [6.07, 6.45) is -4.60. The summed E-state index contributed by atoms with van der Waals surface area (Å²) in [6, 6.07) is 10.4. The van der Waals surface area contributed by atoms with Gasteiger partial charge in [-0.25, -0.2) is 13.2 Å². The van der Waals surface area contributed by atoms with E-state index in [4.69, 9.17) is 31.9 Å². The van der Waals surface area contributed by atoms with Gasteiger partial charge in [0.15, 0.2) is 0 Å². The topological polar surface area (TPSA) is 222 Å². The first-order chi connectivity index (χ1) is 17.5. The van der Waals surface area contributed by atoms with Crippen molar-refractivity contribution >= 4 is 33.5 Å². The molecule has 1 unspecified atom stereocenters. The lowest BCUT2D eigenvalue weighted by Crippen LogP contribution is -2.36. The van der Waals surface area contributed by atoms with Gasteiger partial charge in [-0.3, -0.25) is 18.9 Å². The zero-order valence-electron chi connectivity index (χ0n) is 20.0. The van der Waals surface area contributed by atoms with Crippen LogP contribution in [-0.4, -0.2) is 48.7 Å². The number of nitrogens with zero attached hydrogens (tertiary/aromatic N) is 2. The molecule has 1 atom stereocenters. The quantitative estimate of drug-likeness (QED) is 0.112. The predicted octanol–water partition coefficient (Wildman–Crippen LogP) is 0.744. The highest BCUT2D eigenvalue weighted by atomic mass is 32.2. The number of amides is 1. The third kappa shape index (κ3) is 10.8. The minimum atomic E-state index is -5.08. The number of carbonyl (C=O) groups excluding carboxylic acids is 1. The minimum absolute atomic E-state index is 0.0961. The van der Waals surface area contributed by atoms with Gasteiger partial charge in [-0.2, -0.15) is 13.2 Å². The van der Waals surface area contributed by atoms with E-state index in [0.717, 1.165) is 0 Å². The van der Waals surface area contributed by atoms with Crippen LogP contribution in [0.1, 0.15) is 30.1 Å². The number of guanidine groups is 1. The van der Waals surface area contributed by atoms with Gasteiger partial charge in [0, 0.05) is 5.69 Å². The molecule has 8 N–H and O–H groups in total. The Bertz CT molecular complexity index is 1290. The van der Waals surface area contributed by atoms with E-state index in [-0.39, 0.29) is 30.4 Å². The molecule has 1 aromatic carbocycles. The van der Waals surface area contributed by atoms with E-state index in [0.29, 0.717) is 17.7 Å². The maximum Gasteiger partial charge on any atom is 0.490 e. The van der Waals surface area contributed by atoms with Crippen LogP contribution in [0.2, 0.25) is 0 Å². The fourth-order valence-corrected chi connectivity index (χ4v) is 4.16. The Morgan fingerprint density at radius 1 is 1.13 bits per heavy atom. The van der Waals surface area contributed by atoms with Gasteiger partial charge in [-0.05, 0) is 42.6 Å². The fraction of sp³-hybridized carbons (Fsp3) is 0.333. The third-order valence-corrected chi connectivity index (χ3v) is 5.80. The summed E-state index contributed by atoms with van der Waals surface area (Å²) in [4.78, 5) is 38.8. The number of halogens is 3. The van der Waals surface area contributed by atoms with E-state index in [2.05, 4.69) is 9.88 Å². The van der Waals surface area contributed by atoms with E-state index in [1.165, 1.54) is 16.7 Å². The molecule has 2 aromatic rings. The molecule has 0 aliphatic rings. The monoisotopic (exact) mass is 564 g/mol. The highest BCUT2D eigenvalue weighted by Crippen LogP contribution is 2.17. The number of hydrogen-bond donors (Lipinski definition) is 5. The number of aryl methyl sites for hydroxylation is 1. The number of hydrogen-bond acceptors (Lipinski definition) is 7. The first-order valence-electron chi connectivity index (χ1n) is 10.6. The Kier molecular flexibility index (Phi) is 11.6. The van der Waals surface area contributed by atoms with E-state index in [1.807, 2.05) is 0 Å². The number of aromatic nitrogens is 1. The third-order valence-electron chi connectivity index (χ3n) is 4.55. The number of nitrogens with two attached hydrogens (primary N) is 3. The van der Waals surface area contributed by atoms with Gasteiger partial charge in [-0.15, -0.1) is 0 Å². The second-order valence-corrected chi connectivity index (χ2v) is 9.35. The second kappa shape index (κ2) is 13.9. The van der Waals surface area contributed by atoms with Crippen molar-refractivity contribution in [3.63, 3.8) is 0 Å². The van der Waals surface area contributed by atoms with Crippen molar-refractivity contribution in [2.45, 2.75) is 37.7 Å². The van der Waals surface area contributed by atoms with Gasteiger partial charge < -0.3 is 27.1 Å². The van der Waals surface area contributed by atoms with Gasteiger partial charge in [0.25, 0.3) is 5.56 Å². The fourth-order valence-electron chi connectivity index (χ4n) is 2.97. The lowest BCUT2D eigenvalue weighted by atomic mass is 10.1. The number of sulfonamides is 1. The number of oxime groups is 1. The average molecular weight is 565 g/mol. The molecule has 0 radical (unpaired) electrons. The average Bonchev–Trinajstić information content (AvgIpc) is 2.79. The molecule has 0 saturated heterocycles. The Morgan fingerprint density at radius 2 is 1.71 bits per heavy atom. The second-order valence-electron chi connectivity index (χ2n) is 7.62. The minimum Gasteiger partial charge on any atom is -0.475 e. The Balaban J connectivity index is 0.000000905. The van der Waals surface area contributed by atoms with Crippen LogP contribution in [0, 0.1) is 6.92 Å². The van der Waals surface area contributed by atoms with Crippen molar-refractivity contribution in [2.24, 2.45) is 22.4 Å². The number of benzene rings is 1. The van der Waals surface area contributed by atoms with Crippen LogP contribution in [-0.2, 0) is 30.2 Å². The van der Waals surface area contributed by atoms with Crippen LogP contribution in [0.5, 0.6) is 0 Å². The smallest absolute Gasteiger partial charge is 0.475 e. The van der Waals surface area contributed by atoms with Crippen LogP contribution in [0.25, 0.3) is 0 Å². The highest BCUT2D eigenvalue weighted by molar-refractivity contribution is 7.91. The van der Waals surface area contributed by atoms with E-state index >= 15 is 0 Å². The molecule has 0 aliphatic carbocycles. The lowest BCUT2D eigenvalue weighted by Gasteiger charge is -2.20. The summed E-state index contributed by atoms with van der Waals surface area (Å²) in [7, 11) is -3.86. The van der Waals surface area contributed by atoms with Crippen molar-refractivity contribution in [3.05, 3.63) is 64.1 Å². The van der Waals surface area contributed by atoms with E-state index in [9.17, 15) is 31.2 Å². The zero-order valence-corrected chi connectivity index (χ0v) is 20.8. The molecule has 1 amide bonds. The van der Waals surface area contributed by atoms with Crippen LogP contribution in [0.15, 0.2) is 52.4 Å². The van der Waals surface area contributed by atoms with Crippen molar-refractivity contribution in [3.8, 4) is 0 Å². The van der Waals surface area contributed by atoms with Crippen LogP contribution in [0.4, 0.5) is 18.9 Å². The number of carboxylic acids is 1. The number of carboxylic acid groups (broad SMARTS) is 1. The van der Waals surface area contributed by atoms with Crippen molar-refractivity contribution in [1.82, 2.24) is 4.57 Å². The summed E-state index contributed by atoms with van der Waals surface area (Å²) >= 11 is 0. The van der Waals surface area contributed by atoms with Crippen molar-refractivity contribution in [1.29, 1.82) is 0 Å². The molecule has 0 spiro atoms. The number of rotatable bonds is 11. The normalized spacial score (nSPS) is 11.9. The van der Waals surface area contributed by atoms with Crippen LogP contribution in [0.3, 0.4) is 0 Å². The number of alkyl halides is 3. The molecule has 0 bridgehead atoms. The molecule has 38 heavy (non-hydrogen) atoms. The predicted molar refractivity (Wildman–Crippen MR) is 131 cm³/mol. The molecular formula is C21H27F3N6O7S. The van der Waals surface area contributed by atoms with Crippen molar-refractivity contribution < 1.29 is 41.1 Å². The molecule has 0 fully saturated rings. The first kappa shape index (κ1) is 31.7. The lowest BCUT2D eigenvalue weighted by molar-refractivity contribution is -0.192. The molecule has 17 heteroatoms. The largest absolute Gasteiger partial charge is 0.490 e. The van der Waals surface area contributed by atoms with Crippen molar-refractivity contribution in [2.75, 3.05) is 11.3 Å². The summed E-state index contributed by atoms with van der Waals surface area (Å²) in [5.74, 6) is -4.04. The molecule has 1 aromatic heterocycles. The van der Waals surface area contributed by atoms with Crippen LogP contribution >= 0.6 is 0 Å².